The number of ether oxygens (including phenoxy) is 1. The van der Waals surface area contributed by atoms with Crippen LogP contribution in [0.3, 0.4) is 0 Å². The Hall–Kier alpha value is -3.68. The summed E-state index contributed by atoms with van der Waals surface area (Å²) in [6.07, 6.45) is 5.46. The average molecular weight is 390 g/mol. The SMILES string of the molecule is CNc1nccc(-c2cccnc2Oc2ccc(NC(=O)NC3CC3)cc2C)n1. The highest BCUT2D eigenvalue weighted by molar-refractivity contribution is 5.89. The van der Waals surface area contributed by atoms with Gasteiger partial charge in [0, 0.05) is 31.2 Å². The Bertz CT molecular complexity index is 1040. The maximum atomic E-state index is 11.9. The van der Waals surface area contributed by atoms with Crippen LogP contribution >= 0.6 is 0 Å². The largest absolute Gasteiger partial charge is 0.438 e. The quantitative estimate of drug-likeness (QED) is 0.589. The molecule has 4 rings (SSSR count). The van der Waals surface area contributed by atoms with Crippen LogP contribution in [0.4, 0.5) is 16.4 Å². The summed E-state index contributed by atoms with van der Waals surface area (Å²) in [6.45, 7) is 1.92. The minimum Gasteiger partial charge on any atom is -0.438 e. The Morgan fingerprint density at radius 3 is 2.76 bits per heavy atom. The van der Waals surface area contributed by atoms with Gasteiger partial charge in [0.05, 0.1) is 11.3 Å². The van der Waals surface area contributed by atoms with Gasteiger partial charge >= 0.3 is 6.03 Å². The summed E-state index contributed by atoms with van der Waals surface area (Å²) < 4.78 is 6.08. The number of rotatable bonds is 6. The summed E-state index contributed by atoms with van der Waals surface area (Å²) in [5, 5.41) is 8.68. The van der Waals surface area contributed by atoms with Crippen molar-refractivity contribution in [3.8, 4) is 22.9 Å². The van der Waals surface area contributed by atoms with Gasteiger partial charge in [0.1, 0.15) is 5.75 Å². The molecule has 1 saturated carbocycles. The molecule has 148 valence electrons. The smallest absolute Gasteiger partial charge is 0.319 e. The Balaban J connectivity index is 1.54. The van der Waals surface area contributed by atoms with Crippen molar-refractivity contribution >= 4 is 17.7 Å². The number of carbonyl (C=O) groups is 1. The van der Waals surface area contributed by atoms with Gasteiger partial charge in [-0.25, -0.2) is 19.7 Å². The summed E-state index contributed by atoms with van der Waals surface area (Å²) in [5.74, 6) is 1.62. The van der Waals surface area contributed by atoms with Crippen molar-refractivity contribution in [3.63, 3.8) is 0 Å². The summed E-state index contributed by atoms with van der Waals surface area (Å²) in [5.41, 5.74) is 3.06. The van der Waals surface area contributed by atoms with Gasteiger partial charge in [-0.15, -0.1) is 0 Å². The molecule has 8 nitrogen and oxygen atoms in total. The minimum absolute atomic E-state index is 0.184. The van der Waals surface area contributed by atoms with Crippen LogP contribution < -0.4 is 20.7 Å². The molecule has 8 heteroatoms. The van der Waals surface area contributed by atoms with Gasteiger partial charge in [-0.1, -0.05) is 0 Å². The number of urea groups is 1. The maximum absolute atomic E-state index is 11.9. The van der Waals surface area contributed by atoms with Crippen molar-refractivity contribution in [3.05, 3.63) is 54.4 Å². The van der Waals surface area contributed by atoms with E-state index in [9.17, 15) is 4.79 Å². The van der Waals surface area contributed by atoms with Crippen LogP contribution in [-0.4, -0.2) is 34.1 Å². The van der Waals surface area contributed by atoms with E-state index in [1.165, 1.54) is 0 Å². The molecular weight excluding hydrogens is 368 g/mol. The number of nitrogens with zero attached hydrogens (tertiary/aromatic N) is 3. The van der Waals surface area contributed by atoms with Gasteiger partial charge in [0.25, 0.3) is 0 Å². The first-order valence-electron chi connectivity index (χ1n) is 9.44. The van der Waals surface area contributed by atoms with Crippen LogP contribution in [0.2, 0.25) is 0 Å². The van der Waals surface area contributed by atoms with E-state index in [0.29, 0.717) is 35.0 Å². The van der Waals surface area contributed by atoms with Crippen molar-refractivity contribution in [1.82, 2.24) is 20.3 Å². The summed E-state index contributed by atoms with van der Waals surface area (Å²) in [4.78, 5) is 24.9. The second-order valence-electron chi connectivity index (χ2n) is 6.83. The molecule has 1 fully saturated rings. The highest BCUT2D eigenvalue weighted by Crippen LogP contribution is 2.32. The monoisotopic (exact) mass is 390 g/mol. The fraction of sp³-hybridized carbons (Fsp3) is 0.238. The zero-order valence-corrected chi connectivity index (χ0v) is 16.3. The van der Waals surface area contributed by atoms with Crippen LogP contribution in [0.1, 0.15) is 18.4 Å². The number of hydrogen-bond acceptors (Lipinski definition) is 6. The first-order chi connectivity index (χ1) is 14.1. The summed E-state index contributed by atoms with van der Waals surface area (Å²) >= 11 is 0. The van der Waals surface area contributed by atoms with Crippen molar-refractivity contribution in [2.24, 2.45) is 0 Å². The van der Waals surface area contributed by atoms with Gasteiger partial charge in [-0.3, -0.25) is 0 Å². The average Bonchev–Trinajstić information content (AvgIpc) is 3.54. The van der Waals surface area contributed by atoms with Crippen molar-refractivity contribution in [2.45, 2.75) is 25.8 Å². The van der Waals surface area contributed by atoms with E-state index in [2.05, 4.69) is 30.9 Å². The van der Waals surface area contributed by atoms with Crippen LogP contribution in [0.25, 0.3) is 11.3 Å². The van der Waals surface area contributed by atoms with E-state index in [-0.39, 0.29) is 6.03 Å². The molecule has 2 amide bonds. The molecule has 0 radical (unpaired) electrons. The predicted octanol–water partition coefficient (Wildman–Crippen LogP) is 3.96. The van der Waals surface area contributed by atoms with E-state index in [1.54, 1.807) is 25.5 Å². The molecule has 0 bridgehead atoms. The molecule has 1 aromatic carbocycles. The number of nitrogens with one attached hydrogen (secondary N) is 3. The number of anilines is 2. The highest BCUT2D eigenvalue weighted by atomic mass is 16.5. The van der Waals surface area contributed by atoms with Gasteiger partial charge in [-0.2, -0.15) is 0 Å². The normalized spacial score (nSPS) is 12.9. The van der Waals surface area contributed by atoms with Crippen LogP contribution in [0.5, 0.6) is 11.6 Å². The number of benzene rings is 1. The third-order valence-electron chi connectivity index (χ3n) is 4.48. The lowest BCUT2D eigenvalue weighted by molar-refractivity contribution is 0.251. The van der Waals surface area contributed by atoms with Gasteiger partial charge in [-0.05, 0) is 61.7 Å². The molecule has 0 aliphatic heterocycles. The zero-order chi connectivity index (χ0) is 20.2. The third kappa shape index (κ3) is 4.60. The highest BCUT2D eigenvalue weighted by Gasteiger charge is 2.23. The summed E-state index contributed by atoms with van der Waals surface area (Å²) in [7, 11) is 1.77. The van der Waals surface area contributed by atoms with Gasteiger partial charge < -0.3 is 20.7 Å². The van der Waals surface area contributed by atoms with E-state index < -0.39 is 0 Å². The third-order valence-corrected chi connectivity index (χ3v) is 4.48. The van der Waals surface area contributed by atoms with E-state index >= 15 is 0 Å². The van der Waals surface area contributed by atoms with Crippen molar-refractivity contribution in [2.75, 3.05) is 17.7 Å². The van der Waals surface area contributed by atoms with Gasteiger partial charge in [0.2, 0.25) is 11.8 Å². The van der Waals surface area contributed by atoms with Crippen LogP contribution in [0, 0.1) is 6.92 Å². The van der Waals surface area contributed by atoms with E-state index in [1.807, 2.05) is 37.3 Å². The van der Waals surface area contributed by atoms with Crippen LogP contribution in [-0.2, 0) is 0 Å². The van der Waals surface area contributed by atoms with E-state index in [0.717, 1.165) is 24.0 Å². The Labute approximate surface area is 168 Å². The molecule has 2 aromatic heterocycles. The molecule has 0 unspecified atom stereocenters. The number of aromatic nitrogens is 3. The zero-order valence-electron chi connectivity index (χ0n) is 16.3. The number of carbonyl (C=O) groups excluding carboxylic acids is 1. The molecule has 0 atom stereocenters. The Morgan fingerprint density at radius 1 is 1.14 bits per heavy atom. The standard InChI is InChI=1S/C21H22N6O2/c1-13-12-15(26-21(28)25-14-5-6-14)7-8-18(13)29-19-16(4-3-10-23-19)17-9-11-24-20(22-2)27-17/h3-4,7-12,14H,5-6H2,1-2H3,(H,22,24,27)(H2,25,26,28). The van der Waals surface area contributed by atoms with Gasteiger partial charge in [0.15, 0.2) is 0 Å². The molecular formula is C21H22N6O2. The molecule has 1 aliphatic rings. The summed E-state index contributed by atoms with van der Waals surface area (Å²) in [6, 6.07) is 11.2. The molecule has 3 aromatic rings. The second kappa shape index (κ2) is 8.14. The number of hydrogen-bond donors (Lipinski definition) is 3. The predicted molar refractivity (Wildman–Crippen MR) is 111 cm³/mol. The minimum atomic E-state index is -0.184. The molecule has 2 heterocycles. The molecule has 0 saturated heterocycles. The van der Waals surface area contributed by atoms with Crippen LogP contribution in [0.15, 0.2) is 48.8 Å². The number of amides is 2. The molecule has 3 N–H and O–H groups in total. The van der Waals surface area contributed by atoms with Crippen molar-refractivity contribution < 1.29 is 9.53 Å². The Morgan fingerprint density at radius 2 is 2.00 bits per heavy atom. The number of aryl methyl sites for hydroxylation is 1. The lowest BCUT2D eigenvalue weighted by Crippen LogP contribution is -2.30. The second-order valence-corrected chi connectivity index (χ2v) is 6.83. The fourth-order valence-corrected chi connectivity index (χ4v) is 2.82. The van der Waals surface area contributed by atoms with E-state index in [4.69, 9.17) is 4.74 Å². The first kappa shape index (κ1) is 18.7. The fourth-order valence-electron chi connectivity index (χ4n) is 2.82. The number of pyridine rings is 1. The lowest BCUT2D eigenvalue weighted by Gasteiger charge is -2.13. The molecule has 1 aliphatic carbocycles. The van der Waals surface area contributed by atoms with Crippen molar-refractivity contribution in [1.29, 1.82) is 0 Å². The first-order valence-corrected chi connectivity index (χ1v) is 9.44. The Kier molecular flexibility index (Phi) is 5.24. The topological polar surface area (TPSA) is 101 Å². The molecule has 0 spiro atoms. The maximum Gasteiger partial charge on any atom is 0.319 e. The molecule has 29 heavy (non-hydrogen) atoms. The lowest BCUT2D eigenvalue weighted by atomic mass is 10.2.